The molecule has 0 aliphatic carbocycles. The van der Waals surface area contributed by atoms with E-state index in [1.807, 2.05) is 11.5 Å². The Balaban J connectivity index is 1.62. The van der Waals surface area contributed by atoms with Gasteiger partial charge in [0, 0.05) is 13.0 Å². The highest BCUT2D eigenvalue weighted by atomic mass is 35.5. The quantitative estimate of drug-likeness (QED) is 0.189. The summed E-state index contributed by atoms with van der Waals surface area (Å²) >= 11 is 19.2. The number of halogens is 3. The molecule has 3 aromatic rings. The molecule has 32 heavy (non-hydrogen) atoms. The Morgan fingerprint density at radius 2 is 1.91 bits per heavy atom. The second-order valence-corrected chi connectivity index (χ2v) is 8.76. The zero-order valence-electron chi connectivity index (χ0n) is 17.0. The Kier molecular flexibility index (Phi) is 7.99. The maximum atomic E-state index is 12.4. The van der Waals surface area contributed by atoms with E-state index in [1.54, 1.807) is 11.6 Å². The maximum Gasteiger partial charge on any atom is 0.390 e. The molecule has 0 radical (unpaired) electrons. The molecule has 0 atom stereocenters. The van der Waals surface area contributed by atoms with Crippen molar-refractivity contribution in [1.29, 1.82) is 0 Å². The van der Waals surface area contributed by atoms with E-state index < -0.39 is 4.92 Å². The van der Waals surface area contributed by atoms with Crippen molar-refractivity contribution in [2.24, 2.45) is 0 Å². The summed E-state index contributed by atoms with van der Waals surface area (Å²) in [6.45, 7) is 4.71. The summed E-state index contributed by atoms with van der Waals surface area (Å²) in [5, 5.41) is 27.4. The van der Waals surface area contributed by atoms with Crippen LogP contribution in [0.2, 0.25) is 15.1 Å². The van der Waals surface area contributed by atoms with Gasteiger partial charge >= 0.3 is 5.82 Å². The first-order chi connectivity index (χ1) is 15.2. The van der Waals surface area contributed by atoms with Crippen LogP contribution in [0.15, 0.2) is 23.4 Å². The molecule has 0 unspecified atom stereocenters. The normalized spacial score (nSPS) is 11.0. The van der Waals surface area contributed by atoms with E-state index in [4.69, 9.17) is 34.8 Å². The third kappa shape index (κ3) is 5.71. The second kappa shape index (κ2) is 10.5. The molecule has 0 aliphatic heterocycles. The van der Waals surface area contributed by atoms with E-state index in [-0.39, 0.29) is 27.5 Å². The molecule has 170 valence electrons. The molecule has 3 rings (SSSR count). The number of carbonyl (C=O) groups is 1. The van der Waals surface area contributed by atoms with Gasteiger partial charge in [-0.15, -0.1) is 10.2 Å². The van der Waals surface area contributed by atoms with Crippen LogP contribution >= 0.6 is 46.6 Å². The molecule has 0 fully saturated rings. The summed E-state index contributed by atoms with van der Waals surface area (Å²) in [7, 11) is 0. The molecular formula is C18H18Cl3N7O3S. The summed E-state index contributed by atoms with van der Waals surface area (Å²) < 4.78 is 3.45. The number of rotatable bonds is 9. The van der Waals surface area contributed by atoms with Crippen LogP contribution in [-0.4, -0.2) is 41.1 Å². The van der Waals surface area contributed by atoms with Gasteiger partial charge in [-0.3, -0.25) is 4.79 Å². The Hall–Kier alpha value is -2.34. The first kappa shape index (κ1) is 24.3. The zero-order valence-corrected chi connectivity index (χ0v) is 20.1. The lowest BCUT2D eigenvalue weighted by Gasteiger charge is -2.09. The number of aryl methyl sites for hydroxylation is 3. The Morgan fingerprint density at radius 1 is 1.19 bits per heavy atom. The highest BCUT2D eigenvalue weighted by molar-refractivity contribution is 7.99. The molecule has 2 heterocycles. The number of hydrogen-bond donors (Lipinski definition) is 1. The topological polar surface area (TPSA) is 121 Å². The number of amides is 1. The summed E-state index contributed by atoms with van der Waals surface area (Å²) in [6, 6.07) is 4.37. The van der Waals surface area contributed by atoms with Gasteiger partial charge in [-0.2, -0.15) is 4.68 Å². The minimum Gasteiger partial charge on any atom is -0.358 e. The average molecular weight is 519 g/mol. The number of hydrogen-bond acceptors (Lipinski definition) is 7. The van der Waals surface area contributed by atoms with Gasteiger partial charge < -0.3 is 20.0 Å². The first-order valence-electron chi connectivity index (χ1n) is 9.37. The van der Waals surface area contributed by atoms with Crippen molar-refractivity contribution in [1.82, 2.24) is 24.5 Å². The third-order valence-electron chi connectivity index (χ3n) is 4.43. The van der Waals surface area contributed by atoms with Crippen LogP contribution in [0.25, 0.3) is 0 Å². The molecule has 0 aliphatic rings. The SMILES string of the molecule is CCn1c(CCn2nc([N+](=O)[O-])cc2C)nnc1SCC(=O)Nc1cc(Cl)c(Cl)cc1Cl. The lowest BCUT2D eigenvalue weighted by Crippen LogP contribution is -2.15. The van der Waals surface area contributed by atoms with Crippen molar-refractivity contribution in [3.8, 4) is 0 Å². The van der Waals surface area contributed by atoms with Crippen LogP contribution in [-0.2, 0) is 24.3 Å². The summed E-state index contributed by atoms with van der Waals surface area (Å²) in [5.41, 5.74) is 1.06. The number of nitrogens with one attached hydrogen (secondary N) is 1. The van der Waals surface area contributed by atoms with Gasteiger partial charge in [-0.1, -0.05) is 46.6 Å². The lowest BCUT2D eigenvalue weighted by atomic mass is 10.3. The van der Waals surface area contributed by atoms with E-state index in [9.17, 15) is 14.9 Å². The van der Waals surface area contributed by atoms with Crippen LogP contribution in [0, 0.1) is 17.0 Å². The molecule has 0 spiro atoms. The molecule has 0 saturated carbocycles. The first-order valence-corrected chi connectivity index (χ1v) is 11.5. The summed E-state index contributed by atoms with van der Waals surface area (Å²) in [5.74, 6) is 0.297. The smallest absolute Gasteiger partial charge is 0.358 e. The fourth-order valence-electron chi connectivity index (χ4n) is 2.88. The molecule has 1 N–H and O–H groups in total. The van der Waals surface area contributed by atoms with Gasteiger partial charge in [0.15, 0.2) is 5.16 Å². The Labute approximate surface area is 202 Å². The number of benzene rings is 1. The number of nitro groups is 1. The number of anilines is 1. The molecule has 1 amide bonds. The van der Waals surface area contributed by atoms with Crippen molar-refractivity contribution in [2.75, 3.05) is 11.1 Å². The van der Waals surface area contributed by atoms with Crippen LogP contribution in [0.4, 0.5) is 11.5 Å². The molecule has 0 bridgehead atoms. The number of carbonyl (C=O) groups excluding carboxylic acids is 1. The summed E-state index contributed by atoms with van der Waals surface area (Å²) in [6.07, 6.45) is 0.478. The van der Waals surface area contributed by atoms with Crippen LogP contribution in [0.1, 0.15) is 18.4 Å². The van der Waals surface area contributed by atoms with Crippen molar-refractivity contribution >= 4 is 64.0 Å². The molecule has 1 aromatic carbocycles. The van der Waals surface area contributed by atoms with Crippen LogP contribution in [0.3, 0.4) is 0 Å². The van der Waals surface area contributed by atoms with E-state index >= 15 is 0 Å². The minimum atomic E-state index is -0.525. The minimum absolute atomic E-state index is 0.0825. The van der Waals surface area contributed by atoms with Crippen LogP contribution < -0.4 is 5.32 Å². The van der Waals surface area contributed by atoms with Gasteiger partial charge in [0.1, 0.15) is 5.82 Å². The fourth-order valence-corrected chi connectivity index (χ4v) is 4.29. The molecule has 10 nitrogen and oxygen atoms in total. The van der Waals surface area contributed by atoms with Crippen LogP contribution in [0.5, 0.6) is 0 Å². The summed E-state index contributed by atoms with van der Waals surface area (Å²) in [4.78, 5) is 22.7. The lowest BCUT2D eigenvalue weighted by molar-refractivity contribution is -0.389. The van der Waals surface area contributed by atoms with Crippen molar-refractivity contribution in [3.05, 3.63) is 54.9 Å². The largest absolute Gasteiger partial charge is 0.390 e. The number of nitrogens with zero attached hydrogens (tertiary/aromatic N) is 6. The Bertz CT molecular complexity index is 1170. The van der Waals surface area contributed by atoms with Gasteiger partial charge in [0.25, 0.3) is 0 Å². The fraction of sp³-hybridized carbons (Fsp3) is 0.333. The highest BCUT2D eigenvalue weighted by Gasteiger charge is 2.18. The van der Waals surface area contributed by atoms with Crippen molar-refractivity contribution in [2.45, 2.75) is 38.5 Å². The number of aromatic nitrogens is 5. The second-order valence-electron chi connectivity index (χ2n) is 6.60. The van der Waals surface area contributed by atoms with Crippen molar-refractivity contribution < 1.29 is 9.72 Å². The van der Waals surface area contributed by atoms with Crippen molar-refractivity contribution in [3.63, 3.8) is 0 Å². The maximum absolute atomic E-state index is 12.4. The number of thioether (sulfide) groups is 1. The van der Waals surface area contributed by atoms with E-state index in [1.165, 1.54) is 30.0 Å². The van der Waals surface area contributed by atoms with E-state index in [2.05, 4.69) is 20.6 Å². The highest BCUT2D eigenvalue weighted by Crippen LogP contribution is 2.32. The van der Waals surface area contributed by atoms with Gasteiger partial charge in [-0.25, -0.2) is 0 Å². The standard InChI is InChI=1S/C18H18Cl3N7O3S/c1-3-26-15(4-5-27-10(2)6-16(25-27)28(30)31)23-24-18(26)32-9-17(29)22-14-8-12(20)11(19)7-13(14)21/h6-8H,3-5,9H2,1-2H3,(H,22,29). The zero-order chi connectivity index (χ0) is 23.4. The van der Waals surface area contributed by atoms with E-state index in [0.29, 0.717) is 46.9 Å². The molecule has 14 heteroatoms. The molecule has 0 saturated heterocycles. The van der Waals surface area contributed by atoms with Gasteiger partial charge in [-0.05, 0) is 30.9 Å². The molecule has 2 aromatic heterocycles. The monoisotopic (exact) mass is 517 g/mol. The predicted octanol–water partition coefficient (Wildman–Crippen LogP) is 4.64. The third-order valence-corrected chi connectivity index (χ3v) is 6.43. The van der Waals surface area contributed by atoms with E-state index in [0.717, 1.165) is 0 Å². The van der Waals surface area contributed by atoms with Gasteiger partial charge in [0.05, 0.1) is 49.9 Å². The van der Waals surface area contributed by atoms with Gasteiger partial charge in [0.2, 0.25) is 5.91 Å². The predicted molar refractivity (Wildman–Crippen MR) is 124 cm³/mol. The molecular weight excluding hydrogens is 501 g/mol. The average Bonchev–Trinajstić information content (AvgIpc) is 3.31. The Morgan fingerprint density at radius 3 is 2.56 bits per heavy atom.